The molecular weight excluding hydrogens is 478 g/mol. The Balaban J connectivity index is 1.53. The summed E-state index contributed by atoms with van der Waals surface area (Å²) in [6, 6.07) is 15.2. The summed E-state index contributed by atoms with van der Waals surface area (Å²) in [4.78, 5) is 27.9. The molecule has 0 radical (unpaired) electrons. The maximum absolute atomic E-state index is 12.7. The number of carbonyl (C=O) groups excluding carboxylic acids is 2. The Bertz CT molecular complexity index is 1150. The number of halogens is 1. The summed E-state index contributed by atoms with van der Waals surface area (Å²) in [6.45, 7) is 4.26. The van der Waals surface area contributed by atoms with Crippen LogP contribution in [0.3, 0.4) is 0 Å². The van der Waals surface area contributed by atoms with Gasteiger partial charge in [0.05, 0.1) is 18.2 Å². The van der Waals surface area contributed by atoms with E-state index in [9.17, 15) is 14.7 Å². The average Bonchev–Trinajstić information content (AvgIpc) is 3.26. The SMILES string of the molecule is C[C@H]1C[C@@H](C(=O)NCC#N)N(c2ccc(Cl)c(-c3ccc(C4(O)CCN(CC(N)=O)CC4)cc3)c2)C1. The van der Waals surface area contributed by atoms with E-state index in [0.717, 1.165) is 35.3 Å². The van der Waals surface area contributed by atoms with Crippen LogP contribution in [0.2, 0.25) is 5.02 Å². The van der Waals surface area contributed by atoms with Gasteiger partial charge in [0.15, 0.2) is 0 Å². The molecule has 0 spiro atoms. The fraction of sp³-hybridized carbons (Fsp3) is 0.444. The first-order valence-corrected chi connectivity index (χ1v) is 12.6. The third-order valence-corrected chi connectivity index (χ3v) is 7.56. The minimum Gasteiger partial charge on any atom is -0.385 e. The van der Waals surface area contributed by atoms with Crippen LogP contribution in [0.4, 0.5) is 5.69 Å². The van der Waals surface area contributed by atoms with Gasteiger partial charge in [0.25, 0.3) is 0 Å². The van der Waals surface area contributed by atoms with E-state index in [2.05, 4.69) is 17.1 Å². The van der Waals surface area contributed by atoms with Gasteiger partial charge in [0, 0.05) is 35.9 Å². The smallest absolute Gasteiger partial charge is 0.243 e. The lowest BCUT2D eigenvalue weighted by Crippen LogP contribution is -2.45. The van der Waals surface area contributed by atoms with Crippen molar-refractivity contribution >= 4 is 29.1 Å². The Hall–Kier alpha value is -3.12. The maximum Gasteiger partial charge on any atom is 0.243 e. The zero-order valence-electron chi connectivity index (χ0n) is 20.4. The van der Waals surface area contributed by atoms with Gasteiger partial charge < -0.3 is 21.1 Å². The van der Waals surface area contributed by atoms with Crippen LogP contribution in [0, 0.1) is 17.2 Å². The average molecular weight is 510 g/mol. The normalized spacial score (nSPS) is 21.7. The third kappa shape index (κ3) is 5.65. The number of nitrogens with one attached hydrogen (secondary N) is 1. The second kappa shape index (κ2) is 10.9. The molecular formula is C27H32ClN5O3. The van der Waals surface area contributed by atoms with E-state index in [0.29, 0.717) is 36.9 Å². The molecule has 2 fully saturated rings. The van der Waals surface area contributed by atoms with Crippen molar-refractivity contribution in [3.05, 3.63) is 53.1 Å². The number of nitriles is 1. The zero-order valence-corrected chi connectivity index (χ0v) is 21.2. The molecule has 2 saturated heterocycles. The Morgan fingerprint density at radius 2 is 1.92 bits per heavy atom. The van der Waals surface area contributed by atoms with Gasteiger partial charge in [-0.25, -0.2) is 0 Å². The summed E-state index contributed by atoms with van der Waals surface area (Å²) >= 11 is 6.58. The summed E-state index contributed by atoms with van der Waals surface area (Å²) in [7, 11) is 0. The van der Waals surface area contributed by atoms with Gasteiger partial charge in [-0.3, -0.25) is 14.5 Å². The van der Waals surface area contributed by atoms with E-state index in [4.69, 9.17) is 22.6 Å². The number of nitrogens with two attached hydrogens (primary N) is 1. The predicted octanol–water partition coefficient (Wildman–Crippen LogP) is 2.63. The van der Waals surface area contributed by atoms with E-state index in [1.165, 1.54) is 0 Å². The van der Waals surface area contributed by atoms with E-state index in [1.807, 2.05) is 53.4 Å². The number of benzene rings is 2. The first-order valence-electron chi connectivity index (χ1n) is 12.2. The molecule has 0 unspecified atom stereocenters. The highest BCUT2D eigenvalue weighted by Gasteiger charge is 2.36. The minimum absolute atomic E-state index is 0.00864. The molecule has 2 aliphatic heterocycles. The van der Waals surface area contributed by atoms with Crippen molar-refractivity contribution in [3.8, 4) is 17.2 Å². The van der Waals surface area contributed by atoms with Crippen LogP contribution < -0.4 is 16.0 Å². The number of aliphatic hydroxyl groups is 1. The van der Waals surface area contributed by atoms with Gasteiger partial charge in [0.2, 0.25) is 11.8 Å². The molecule has 9 heteroatoms. The van der Waals surface area contributed by atoms with Crippen LogP contribution in [0.15, 0.2) is 42.5 Å². The van der Waals surface area contributed by atoms with Gasteiger partial charge >= 0.3 is 0 Å². The lowest BCUT2D eigenvalue weighted by Gasteiger charge is -2.38. The number of amides is 2. The third-order valence-electron chi connectivity index (χ3n) is 7.23. The van der Waals surface area contributed by atoms with Gasteiger partial charge in [-0.15, -0.1) is 0 Å². The standard InChI is InChI=1S/C27H32ClN5O3/c1-18-14-24(26(35)31-11-10-29)33(16-18)21-6-7-23(28)22(15-21)19-2-4-20(5-3-19)27(36)8-12-32(13-9-27)17-25(30)34/h2-7,15,18,24,36H,8-9,11-14,16-17H2,1H3,(H2,30,34)(H,31,35)/t18-,24-/m0/s1. The Kier molecular flexibility index (Phi) is 7.84. The second-order valence-electron chi connectivity index (χ2n) is 9.90. The van der Waals surface area contributed by atoms with Crippen molar-refractivity contribution in [2.75, 3.05) is 37.6 Å². The van der Waals surface area contributed by atoms with E-state index < -0.39 is 5.60 Å². The number of anilines is 1. The quantitative estimate of drug-likeness (QED) is 0.493. The largest absolute Gasteiger partial charge is 0.385 e. The van der Waals surface area contributed by atoms with Crippen molar-refractivity contribution in [3.63, 3.8) is 0 Å². The van der Waals surface area contributed by atoms with Crippen molar-refractivity contribution in [2.45, 2.75) is 37.8 Å². The van der Waals surface area contributed by atoms with E-state index >= 15 is 0 Å². The molecule has 190 valence electrons. The molecule has 2 amide bonds. The van der Waals surface area contributed by atoms with E-state index in [-0.39, 0.29) is 30.9 Å². The van der Waals surface area contributed by atoms with Crippen molar-refractivity contribution in [1.82, 2.24) is 10.2 Å². The predicted molar refractivity (Wildman–Crippen MR) is 139 cm³/mol. The summed E-state index contributed by atoms with van der Waals surface area (Å²) in [5.41, 5.74) is 7.84. The molecule has 2 aliphatic rings. The van der Waals surface area contributed by atoms with Gasteiger partial charge in [0.1, 0.15) is 12.6 Å². The molecule has 2 aromatic carbocycles. The summed E-state index contributed by atoms with van der Waals surface area (Å²) in [5.74, 6) is -0.158. The Labute approximate surface area is 216 Å². The highest BCUT2D eigenvalue weighted by atomic mass is 35.5. The van der Waals surface area contributed by atoms with Crippen molar-refractivity contribution in [1.29, 1.82) is 5.26 Å². The fourth-order valence-corrected chi connectivity index (χ4v) is 5.51. The highest BCUT2D eigenvalue weighted by Crippen LogP contribution is 2.38. The minimum atomic E-state index is -0.950. The first kappa shape index (κ1) is 26.0. The number of carbonyl (C=O) groups is 2. The van der Waals surface area contributed by atoms with Gasteiger partial charge in [-0.2, -0.15) is 5.26 Å². The Morgan fingerprint density at radius 3 is 2.56 bits per heavy atom. The number of piperidine rings is 1. The summed E-state index contributed by atoms with van der Waals surface area (Å²) in [5, 5.41) is 23.3. The van der Waals surface area contributed by atoms with Crippen molar-refractivity contribution < 1.29 is 14.7 Å². The van der Waals surface area contributed by atoms with Gasteiger partial charge in [-0.1, -0.05) is 42.8 Å². The molecule has 2 heterocycles. The molecule has 8 nitrogen and oxygen atoms in total. The fourth-order valence-electron chi connectivity index (χ4n) is 5.29. The highest BCUT2D eigenvalue weighted by molar-refractivity contribution is 6.33. The van der Waals surface area contributed by atoms with Crippen LogP contribution >= 0.6 is 11.6 Å². The maximum atomic E-state index is 12.7. The van der Waals surface area contributed by atoms with Crippen LogP contribution in [0.25, 0.3) is 11.1 Å². The molecule has 0 saturated carbocycles. The van der Waals surface area contributed by atoms with E-state index in [1.54, 1.807) is 0 Å². The number of primary amides is 1. The lowest BCUT2D eigenvalue weighted by molar-refractivity contribution is -0.122. The molecule has 4 rings (SSSR count). The molecule has 0 aliphatic carbocycles. The number of nitrogens with zero attached hydrogens (tertiary/aromatic N) is 3. The lowest BCUT2D eigenvalue weighted by atomic mass is 9.84. The molecule has 2 aromatic rings. The Morgan fingerprint density at radius 1 is 1.22 bits per heavy atom. The van der Waals surface area contributed by atoms with Crippen LogP contribution in [-0.2, 0) is 15.2 Å². The molecule has 0 aromatic heterocycles. The van der Waals surface area contributed by atoms with Crippen molar-refractivity contribution in [2.24, 2.45) is 11.7 Å². The number of hydrogen-bond donors (Lipinski definition) is 3. The molecule has 4 N–H and O–H groups in total. The monoisotopic (exact) mass is 509 g/mol. The molecule has 36 heavy (non-hydrogen) atoms. The molecule has 2 atom stereocenters. The number of rotatable bonds is 7. The first-order chi connectivity index (χ1) is 17.2. The van der Waals surface area contributed by atoms with Crippen LogP contribution in [-0.4, -0.2) is 60.6 Å². The number of hydrogen-bond acceptors (Lipinski definition) is 6. The topological polar surface area (TPSA) is 123 Å². The van der Waals surface area contributed by atoms with Gasteiger partial charge in [-0.05, 0) is 54.5 Å². The van der Waals surface area contributed by atoms with Crippen LogP contribution in [0.1, 0.15) is 31.7 Å². The summed E-state index contributed by atoms with van der Waals surface area (Å²) < 4.78 is 0. The van der Waals surface area contributed by atoms with Crippen LogP contribution in [0.5, 0.6) is 0 Å². The zero-order chi connectivity index (χ0) is 25.9. The second-order valence-corrected chi connectivity index (χ2v) is 10.3. The number of likely N-dealkylation sites (tertiary alicyclic amines) is 1. The summed E-state index contributed by atoms with van der Waals surface area (Å²) in [6.07, 6.45) is 1.77. The molecule has 0 bridgehead atoms.